The first-order valence-electron chi connectivity index (χ1n) is 8.04. The van der Waals surface area contributed by atoms with E-state index in [2.05, 4.69) is 7.05 Å². The summed E-state index contributed by atoms with van der Waals surface area (Å²) in [6, 6.07) is 0.643. The fourth-order valence-electron chi connectivity index (χ4n) is 5.27. The highest BCUT2D eigenvalue weighted by Gasteiger charge is 2.48. The maximum atomic E-state index is 11.7. The number of aldehydes is 1. The molecular weight excluding hydrogens is 222 g/mol. The Morgan fingerprint density at radius 3 is 2.39 bits per heavy atom. The minimum absolute atomic E-state index is 0.368. The summed E-state index contributed by atoms with van der Waals surface area (Å²) in [5.41, 5.74) is 0. The Balaban J connectivity index is 1.80. The molecule has 4 unspecified atom stereocenters. The second kappa shape index (κ2) is 4.96. The highest BCUT2D eigenvalue weighted by Crippen LogP contribution is 2.46. The van der Waals surface area contributed by atoms with Gasteiger partial charge in [0.1, 0.15) is 6.29 Å². The van der Waals surface area contributed by atoms with Crippen LogP contribution < -0.4 is 0 Å². The van der Waals surface area contributed by atoms with Gasteiger partial charge >= 0.3 is 0 Å². The SMILES string of the molecule is C[N+]1(C2CCC3CCCCC3C2C=O)CCCC1. The largest absolute Gasteiger partial charge is 0.323 e. The average Bonchev–Trinajstić information content (AvgIpc) is 2.85. The summed E-state index contributed by atoms with van der Waals surface area (Å²) in [5, 5.41) is 0. The highest BCUT2D eigenvalue weighted by molar-refractivity contribution is 5.55. The molecule has 0 radical (unpaired) electrons. The second-order valence-corrected chi connectivity index (χ2v) is 7.20. The van der Waals surface area contributed by atoms with E-state index in [1.165, 1.54) is 75.2 Å². The molecule has 2 nitrogen and oxygen atoms in total. The third-order valence-electron chi connectivity index (χ3n) is 6.29. The Kier molecular flexibility index (Phi) is 3.48. The molecule has 0 spiro atoms. The molecule has 0 bridgehead atoms. The van der Waals surface area contributed by atoms with Crippen LogP contribution in [0.1, 0.15) is 51.4 Å². The van der Waals surface area contributed by atoms with Crippen LogP contribution in [0.25, 0.3) is 0 Å². The minimum atomic E-state index is 0.368. The van der Waals surface area contributed by atoms with E-state index >= 15 is 0 Å². The molecule has 1 heterocycles. The van der Waals surface area contributed by atoms with Gasteiger partial charge in [0.05, 0.1) is 32.1 Å². The first kappa shape index (κ1) is 12.7. The number of hydrogen-bond donors (Lipinski definition) is 0. The van der Waals surface area contributed by atoms with Crippen molar-refractivity contribution in [3.8, 4) is 0 Å². The van der Waals surface area contributed by atoms with E-state index in [1.807, 2.05) is 0 Å². The minimum Gasteiger partial charge on any atom is -0.323 e. The monoisotopic (exact) mass is 250 g/mol. The lowest BCUT2D eigenvalue weighted by Gasteiger charge is -2.49. The zero-order valence-electron chi connectivity index (χ0n) is 11.8. The van der Waals surface area contributed by atoms with Gasteiger partial charge in [-0.2, -0.15) is 0 Å². The van der Waals surface area contributed by atoms with Crippen molar-refractivity contribution in [3.63, 3.8) is 0 Å². The van der Waals surface area contributed by atoms with Crippen LogP contribution in [0.3, 0.4) is 0 Å². The molecule has 102 valence electrons. The summed E-state index contributed by atoms with van der Waals surface area (Å²) in [4.78, 5) is 11.7. The summed E-state index contributed by atoms with van der Waals surface area (Å²) in [6.07, 6.45) is 12.3. The van der Waals surface area contributed by atoms with Crippen molar-refractivity contribution in [2.24, 2.45) is 17.8 Å². The molecule has 3 rings (SSSR count). The van der Waals surface area contributed by atoms with E-state index in [-0.39, 0.29) is 0 Å². The van der Waals surface area contributed by atoms with Gasteiger partial charge in [0.25, 0.3) is 0 Å². The number of likely N-dealkylation sites (tertiary alicyclic amines) is 1. The molecule has 2 saturated carbocycles. The van der Waals surface area contributed by atoms with E-state index in [0.717, 1.165) is 11.8 Å². The van der Waals surface area contributed by atoms with Gasteiger partial charge in [0, 0.05) is 19.3 Å². The van der Waals surface area contributed by atoms with E-state index in [1.54, 1.807) is 0 Å². The summed E-state index contributed by atoms with van der Waals surface area (Å²) in [6.45, 7) is 2.62. The van der Waals surface area contributed by atoms with Crippen LogP contribution in [0.15, 0.2) is 0 Å². The molecule has 2 aliphatic carbocycles. The maximum absolute atomic E-state index is 11.7. The van der Waals surface area contributed by atoms with Crippen molar-refractivity contribution in [1.29, 1.82) is 0 Å². The van der Waals surface area contributed by atoms with Crippen LogP contribution in [-0.4, -0.2) is 36.9 Å². The molecule has 3 aliphatic rings. The van der Waals surface area contributed by atoms with E-state index in [0.29, 0.717) is 12.0 Å². The number of nitrogens with zero attached hydrogens (tertiary/aromatic N) is 1. The number of fused-ring (bicyclic) bond motifs is 1. The number of carbonyl (C=O) groups is 1. The van der Waals surface area contributed by atoms with Crippen LogP contribution in [-0.2, 0) is 4.79 Å². The van der Waals surface area contributed by atoms with Gasteiger partial charge in [-0.25, -0.2) is 0 Å². The molecule has 0 aromatic heterocycles. The molecule has 1 saturated heterocycles. The number of carbonyl (C=O) groups excluding carboxylic acids is 1. The molecule has 0 amide bonds. The van der Waals surface area contributed by atoms with Gasteiger partial charge in [-0.15, -0.1) is 0 Å². The highest BCUT2D eigenvalue weighted by atomic mass is 16.1. The smallest absolute Gasteiger partial charge is 0.129 e. The fraction of sp³-hybridized carbons (Fsp3) is 0.938. The third-order valence-corrected chi connectivity index (χ3v) is 6.29. The van der Waals surface area contributed by atoms with Crippen molar-refractivity contribution in [2.45, 2.75) is 57.4 Å². The summed E-state index contributed by atoms with van der Waals surface area (Å²) >= 11 is 0. The quantitative estimate of drug-likeness (QED) is 0.544. The first-order chi connectivity index (χ1) is 8.74. The Hall–Kier alpha value is -0.370. The number of hydrogen-bond acceptors (Lipinski definition) is 1. The molecule has 1 aliphatic heterocycles. The molecule has 0 N–H and O–H groups in total. The zero-order valence-corrected chi connectivity index (χ0v) is 11.8. The van der Waals surface area contributed by atoms with Crippen molar-refractivity contribution in [1.82, 2.24) is 0 Å². The summed E-state index contributed by atoms with van der Waals surface area (Å²) in [5.74, 6) is 1.97. The van der Waals surface area contributed by atoms with Crippen molar-refractivity contribution >= 4 is 6.29 Å². The van der Waals surface area contributed by atoms with Crippen LogP contribution in [0.5, 0.6) is 0 Å². The second-order valence-electron chi connectivity index (χ2n) is 7.20. The van der Waals surface area contributed by atoms with E-state index in [9.17, 15) is 4.79 Å². The maximum Gasteiger partial charge on any atom is 0.129 e. The Morgan fingerprint density at radius 2 is 1.67 bits per heavy atom. The average molecular weight is 250 g/mol. The van der Waals surface area contributed by atoms with Crippen molar-refractivity contribution < 1.29 is 9.28 Å². The first-order valence-corrected chi connectivity index (χ1v) is 8.04. The molecule has 0 aromatic rings. The molecule has 2 heteroatoms. The van der Waals surface area contributed by atoms with Gasteiger partial charge < -0.3 is 9.28 Å². The van der Waals surface area contributed by atoms with Crippen molar-refractivity contribution in [3.05, 3.63) is 0 Å². The van der Waals surface area contributed by atoms with Crippen LogP contribution in [0.4, 0.5) is 0 Å². The molecular formula is C16H28NO+. The van der Waals surface area contributed by atoms with Gasteiger partial charge in [0.2, 0.25) is 0 Å². The lowest BCUT2D eigenvalue weighted by molar-refractivity contribution is -0.926. The standard InChI is InChI=1S/C16H28NO/c1-17(10-4-5-11-17)16-9-8-13-6-2-3-7-14(13)15(16)12-18/h12-16H,2-11H2,1H3/q+1. The molecule has 4 atom stereocenters. The fourth-order valence-corrected chi connectivity index (χ4v) is 5.27. The Morgan fingerprint density at radius 1 is 0.944 bits per heavy atom. The Labute approximate surface area is 111 Å². The zero-order chi connectivity index (χ0) is 12.6. The third kappa shape index (κ3) is 2.03. The predicted octanol–water partition coefficient (Wildman–Crippen LogP) is 3.01. The Bertz CT molecular complexity index is 308. The molecule has 3 fully saturated rings. The van der Waals surface area contributed by atoms with Gasteiger partial charge in [0.15, 0.2) is 0 Å². The summed E-state index contributed by atoms with van der Waals surface area (Å²) < 4.78 is 1.20. The van der Waals surface area contributed by atoms with Crippen LogP contribution >= 0.6 is 0 Å². The topological polar surface area (TPSA) is 17.1 Å². The lowest BCUT2D eigenvalue weighted by Crippen LogP contribution is -2.58. The van der Waals surface area contributed by atoms with Crippen LogP contribution in [0, 0.1) is 17.8 Å². The van der Waals surface area contributed by atoms with Crippen LogP contribution in [0.2, 0.25) is 0 Å². The normalized spacial score (nSPS) is 43.4. The van der Waals surface area contributed by atoms with E-state index in [4.69, 9.17) is 0 Å². The number of quaternary nitrogens is 1. The predicted molar refractivity (Wildman–Crippen MR) is 73.2 cm³/mol. The lowest BCUT2D eigenvalue weighted by atomic mass is 9.63. The van der Waals surface area contributed by atoms with Gasteiger partial charge in [-0.3, -0.25) is 0 Å². The van der Waals surface area contributed by atoms with E-state index < -0.39 is 0 Å². The van der Waals surface area contributed by atoms with Gasteiger partial charge in [-0.05, 0) is 24.7 Å². The number of rotatable bonds is 2. The van der Waals surface area contributed by atoms with Gasteiger partial charge in [-0.1, -0.05) is 19.3 Å². The molecule has 18 heavy (non-hydrogen) atoms. The summed E-state index contributed by atoms with van der Waals surface area (Å²) in [7, 11) is 2.41. The molecule has 0 aromatic carbocycles. The van der Waals surface area contributed by atoms with Crippen molar-refractivity contribution in [2.75, 3.05) is 20.1 Å².